The standard InChI is InChI=1S/C22H23Cl2N3O2S2/c23-18-8-5-17(20(24)13-18)14-25-22-26-21(15-30-22)16-6-9-19(10-7-16)31(28,29)27-11-3-1-2-4-12-27/h5-10,13,15H,1-4,11-12,14H2,(H,25,26). The van der Waals surface area contributed by atoms with Crippen LogP contribution in [-0.4, -0.2) is 30.8 Å². The molecule has 9 heteroatoms. The molecule has 1 saturated heterocycles. The minimum atomic E-state index is -3.44. The lowest BCUT2D eigenvalue weighted by Gasteiger charge is -2.19. The normalized spacial score (nSPS) is 15.5. The van der Waals surface area contributed by atoms with E-state index < -0.39 is 10.0 Å². The first-order chi connectivity index (χ1) is 14.9. The highest BCUT2D eigenvalue weighted by atomic mass is 35.5. The molecule has 1 N–H and O–H groups in total. The molecule has 1 aromatic heterocycles. The van der Waals surface area contributed by atoms with Crippen LogP contribution in [0.25, 0.3) is 11.3 Å². The van der Waals surface area contributed by atoms with Gasteiger partial charge in [0.05, 0.1) is 10.6 Å². The van der Waals surface area contributed by atoms with Crippen LogP contribution in [0.15, 0.2) is 52.7 Å². The Morgan fingerprint density at radius 2 is 1.71 bits per heavy atom. The molecule has 2 aromatic carbocycles. The Bertz CT molecular complexity index is 1140. The fourth-order valence-electron chi connectivity index (χ4n) is 3.55. The fourth-order valence-corrected chi connectivity index (χ4v) is 6.26. The van der Waals surface area contributed by atoms with Crippen LogP contribution in [0.3, 0.4) is 0 Å². The quantitative estimate of drug-likeness (QED) is 0.436. The fraction of sp³-hybridized carbons (Fsp3) is 0.318. The van der Waals surface area contributed by atoms with Gasteiger partial charge in [-0.15, -0.1) is 11.3 Å². The molecule has 1 fully saturated rings. The van der Waals surface area contributed by atoms with Gasteiger partial charge in [-0.2, -0.15) is 4.31 Å². The monoisotopic (exact) mass is 495 g/mol. The van der Waals surface area contributed by atoms with Crippen LogP contribution in [-0.2, 0) is 16.6 Å². The van der Waals surface area contributed by atoms with Gasteiger partial charge in [0, 0.05) is 40.6 Å². The van der Waals surface area contributed by atoms with E-state index in [4.69, 9.17) is 23.2 Å². The van der Waals surface area contributed by atoms with Crippen molar-refractivity contribution in [1.29, 1.82) is 0 Å². The van der Waals surface area contributed by atoms with Crippen molar-refractivity contribution < 1.29 is 8.42 Å². The summed E-state index contributed by atoms with van der Waals surface area (Å²) in [6.45, 7) is 1.74. The molecule has 0 radical (unpaired) electrons. The number of halogens is 2. The second kappa shape index (κ2) is 9.88. The van der Waals surface area contributed by atoms with Crippen molar-refractivity contribution in [2.45, 2.75) is 37.1 Å². The second-order valence-corrected chi connectivity index (χ2v) is 11.1. The highest BCUT2D eigenvalue weighted by Gasteiger charge is 2.25. The second-order valence-electron chi connectivity index (χ2n) is 7.47. The highest BCUT2D eigenvalue weighted by Crippen LogP contribution is 2.28. The van der Waals surface area contributed by atoms with Crippen LogP contribution < -0.4 is 5.32 Å². The predicted molar refractivity (Wildman–Crippen MR) is 129 cm³/mol. The zero-order valence-electron chi connectivity index (χ0n) is 16.9. The van der Waals surface area contributed by atoms with Crippen molar-refractivity contribution in [3.05, 3.63) is 63.5 Å². The van der Waals surface area contributed by atoms with Crippen LogP contribution in [0.2, 0.25) is 10.0 Å². The molecule has 0 unspecified atom stereocenters. The molecule has 1 aliphatic heterocycles. The number of thiazole rings is 1. The molecule has 0 atom stereocenters. The van der Waals surface area contributed by atoms with Crippen molar-refractivity contribution in [3.8, 4) is 11.3 Å². The molecule has 5 nitrogen and oxygen atoms in total. The minimum Gasteiger partial charge on any atom is -0.357 e. The van der Waals surface area contributed by atoms with E-state index in [2.05, 4.69) is 10.3 Å². The summed E-state index contributed by atoms with van der Waals surface area (Å²) in [5, 5.41) is 7.20. The SMILES string of the molecule is O=S(=O)(c1ccc(-c2csc(NCc3ccc(Cl)cc3Cl)n2)cc1)N1CCCCCC1. The van der Waals surface area contributed by atoms with Gasteiger partial charge in [0.1, 0.15) is 0 Å². The van der Waals surface area contributed by atoms with E-state index in [1.54, 1.807) is 28.6 Å². The molecular weight excluding hydrogens is 473 g/mol. The van der Waals surface area contributed by atoms with Crippen LogP contribution >= 0.6 is 34.5 Å². The lowest BCUT2D eigenvalue weighted by Crippen LogP contribution is -2.31. The Morgan fingerprint density at radius 1 is 1.00 bits per heavy atom. The van der Waals surface area contributed by atoms with Gasteiger partial charge in [0.25, 0.3) is 0 Å². The summed E-state index contributed by atoms with van der Waals surface area (Å²) in [5.74, 6) is 0. The number of nitrogens with zero attached hydrogens (tertiary/aromatic N) is 2. The van der Waals surface area contributed by atoms with E-state index in [1.165, 1.54) is 11.3 Å². The van der Waals surface area contributed by atoms with Gasteiger partial charge in [-0.05, 0) is 42.7 Å². The summed E-state index contributed by atoms with van der Waals surface area (Å²) >= 11 is 13.6. The molecule has 0 aliphatic carbocycles. The molecule has 1 aliphatic rings. The molecule has 0 spiro atoms. The molecule has 2 heterocycles. The maximum atomic E-state index is 12.9. The van der Waals surface area contributed by atoms with Crippen LogP contribution in [0.1, 0.15) is 31.2 Å². The van der Waals surface area contributed by atoms with E-state index >= 15 is 0 Å². The highest BCUT2D eigenvalue weighted by molar-refractivity contribution is 7.89. The number of anilines is 1. The topological polar surface area (TPSA) is 62.3 Å². The van der Waals surface area contributed by atoms with Crippen molar-refractivity contribution in [3.63, 3.8) is 0 Å². The number of hydrogen-bond acceptors (Lipinski definition) is 5. The average Bonchev–Trinajstić information content (AvgIpc) is 3.05. The van der Waals surface area contributed by atoms with Crippen LogP contribution in [0, 0.1) is 0 Å². The number of aromatic nitrogens is 1. The molecule has 0 saturated carbocycles. The summed E-state index contributed by atoms with van der Waals surface area (Å²) in [6, 6.07) is 12.4. The molecule has 3 aromatic rings. The van der Waals surface area contributed by atoms with Gasteiger partial charge in [-0.3, -0.25) is 0 Å². The van der Waals surface area contributed by atoms with Gasteiger partial charge < -0.3 is 5.32 Å². The third-order valence-corrected chi connectivity index (χ3v) is 8.60. The van der Waals surface area contributed by atoms with Crippen LogP contribution in [0.5, 0.6) is 0 Å². The Labute approximate surface area is 197 Å². The summed E-state index contributed by atoms with van der Waals surface area (Å²) in [7, 11) is -3.44. The number of sulfonamides is 1. The molecule has 31 heavy (non-hydrogen) atoms. The summed E-state index contributed by atoms with van der Waals surface area (Å²) in [6.07, 6.45) is 4.03. The smallest absolute Gasteiger partial charge is 0.243 e. The molecule has 164 valence electrons. The Balaban J connectivity index is 1.44. The summed E-state index contributed by atoms with van der Waals surface area (Å²) in [4.78, 5) is 4.95. The number of hydrogen-bond donors (Lipinski definition) is 1. The summed E-state index contributed by atoms with van der Waals surface area (Å²) in [5.41, 5.74) is 2.61. The first-order valence-corrected chi connectivity index (χ1v) is 13.2. The van der Waals surface area contributed by atoms with E-state index in [-0.39, 0.29) is 0 Å². The van der Waals surface area contributed by atoms with Gasteiger partial charge >= 0.3 is 0 Å². The van der Waals surface area contributed by atoms with E-state index in [0.717, 1.165) is 47.6 Å². The summed E-state index contributed by atoms with van der Waals surface area (Å²) < 4.78 is 27.5. The number of nitrogens with one attached hydrogen (secondary N) is 1. The van der Waals surface area contributed by atoms with Gasteiger partial charge in [-0.25, -0.2) is 13.4 Å². The maximum absolute atomic E-state index is 12.9. The van der Waals surface area contributed by atoms with E-state index in [0.29, 0.717) is 34.6 Å². The van der Waals surface area contributed by atoms with E-state index in [1.807, 2.05) is 23.6 Å². The van der Waals surface area contributed by atoms with Gasteiger partial charge in [0.2, 0.25) is 10.0 Å². The van der Waals surface area contributed by atoms with Crippen molar-refractivity contribution in [2.75, 3.05) is 18.4 Å². The minimum absolute atomic E-state index is 0.337. The first kappa shape index (κ1) is 22.6. The number of benzene rings is 2. The Morgan fingerprint density at radius 3 is 2.39 bits per heavy atom. The Kier molecular flexibility index (Phi) is 7.19. The molecule has 0 amide bonds. The predicted octanol–water partition coefficient (Wildman–Crippen LogP) is 6.29. The third-order valence-electron chi connectivity index (χ3n) is 5.30. The van der Waals surface area contributed by atoms with E-state index in [9.17, 15) is 8.42 Å². The molecule has 4 rings (SSSR count). The maximum Gasteiger partial charge on any atom is 0.243 e. The molecule has 0 bridgehead atoms. The zero-order valence-corrected chi connectivity index (χ0v) is 20.0. The third kappa shape index (κ3) is 5.41. The molecular formula is C22H23Cl2N3O2S2. The van der Waals surface area contributed by atoms with Gasteiger partial charge in [0.15, 0.2) is 5.13 Å². The largest absolute Gasteiger partial charge is 0.357 e. The van der Waals surface area contributed by atoms with Crippen LogP contribution in [0.4, 0.5) is 5.13 Å². The first-order valence-electron chi connectivity index (χ1n) is 10.2. The Hall–Kier alpha value is -1.64. The van der Waals surface area contributed by atoms with Crippen molar-refractivity contribution in [2.24, 2.45) is 0 Å². The lowest BCUT2D eigenvalue weighted by atomic mass is 10.2. The number of rotatable bonds is 6. The lowest BCUT2D eigenvalue weighted by molar-refractivity contribution is 0.424. The van der Waals surface area contributed by atoms with Crippen molar-refractivity contribution >= 4 is 49.7 Å². The van der Waals surface area contributed by atoms with Crippen molar-refractivity contribution in [1.82, 2.24) is 9.29 Å². The van der Waals surface area contributed by atoms with Gasteiger partial charge in [-0.1, -0.05) is 54.2 Å². The average molecular weight is 496 g/mol. The zero-order chi connectivity index (χ0) is 21.8.